The minimum Gasteiger partial charge on any atom is -0.381 e. The lowest BCUT2D eigenvalue weighted by Crippen LogP contribution is -2.42. The molecule has 0 bridgehead atoms. The number of rotatable bonds is 1. The first kappa shape index (κ1) is 7.98. The predicted molar refractivity (Wildman–Crippen MR) is 40.6 cm³/mol. The first-order chi connectivity index (χ1) is 4.72. The van der Waals surface area contributed by atoms with Gasteiger partial charge in [0.15, 0.2) is 0 Å². The van der Waals surface area contributed by atoms with Crippen LogP contribution in [0, 0.1) is 0 Å². The Labute approximate surface area is 61.7 Å². The van der Waals surface area contributed by atoms with Crippen molar-refractivity contribution < 1.29 is 4.74 Å². The summed E-state index contributed by atoms with van der Waals surface area (Å²) < 4.78 is 5.17. The van der Waals surface area contributed by atoms with Crippen molar-refractivity contribution in [3.05, 3.63) is 0 Å². The third-order valence-electron chi connectivity index (χ3n) is 2.07. The van der Waals surface area contributed by atoms with E-state index in [1.807, 2.05) is 0 Å². The van der Waals surface area contributed by atoms with Gasteiger partial charge in [0.25, 0.3) is 0 Å². The molecule has 0 aromatic rings. The molecule has 3 heteroatoms. The Balaban J connectivity index is 2.35. The van der Waals surface area contributed by atoms with Gasteiger partial charge in [-0.1, -0.05) is 0 Å². The summed E-state index contributed by atoms with van der Waals surface area (Å²) in [6, 6.07) is 0.488. The highest BCUT2D eigenvalue weighted by atomic mass is 16.5. The molecule has 0 aromatic heterocycles. The van der Waals surface area contributed by atoms with Gasteiger partial charge in [-0.25, -0.2) is 0 Å². The van der Waals surface area contributed by atoms with E-state index in [9.17, 15) is 0 Å². The van der Waals surface area contributed by atoms with E-state index in [2.05, 4.69) is 0 Å². The molecule has 1 fully saturated rings. The van der Waals surface area contributed by atoms with Crippen molar-refractivity contribution >= 4 is 0 Å². The Morgan fingerprint density at radius 1 is 1.10 bits per heavy atom. The van der Waals surface area contributed by atoms with Crippen molar-refractivity contribution in [1.82, 2.24) is 0 Å². The van der Waals surface area contributed by atoms with Crippen LogP contribution in [-0.2, 0) is 4.74 Å². The lowest BCUT2D eigenvalue weighted by atomic mass is 9.90. The number of nitrogens with two attached hydrogens (primary N) is 2. The Bertz CT molecular complexity index is 97.8. The Morgan fingerprint density at radius 3 is 2.00 bits per heavy atom. The zero-order valence-corrected chi connectivity index (χ0v) is 6.42. The first-order valence-corrected chi connectivity index (χ1v) is 3.76. The van der Waals surface area contributed by atoms with E-state index in [1.54, 1.807) is 7.11 Å². The van der Waals surface area contributed by atoms with Gasteiger partial charge in [-0.2, -0.15) is 0 Å². The van der Waals surface area contributed by atoms with Crippen LogP contribution < -0.4 is 11.5 Å². The minimum atomic E-state index is 0.244. The van der Waals surface area contributed by atoms with E-state index >= 15 is 0 Å². The quantitative estimate of drug-likeness (QED) is 0.537. The molecule has 2 unspecified atom stereocenters. The molecule has 0 heterocycles. The summed E-state index contributed by atoms with van der Waals surface area (Å²) in [7, 11) is 1.72. The van der Waals surface area contributed by atoms with E-state index in [0.717, 1.165) is 19.3 Å². The van der Waals surface area contributed by atoms with E-state index in [0.29, 0.717) is 6.10 Å². The lowest BCUT2D eigenvalue weighted by molar-refractivity contribution is 0.0577. The average molecular weight is 144 g/mol. The van der Waals surface area contributed by atoms with Gasteiger partial charge in [-0.15, -0.1) is 0 Å². The fourth-order valence-electron chi connectivity index (χ4n) is 1.55. The van der Waals surface area contributed by atoms with Crippen LogP contribution in [0.15, 0.2) is 0 Å². The molecule has 0 radical (unpaired) electrons. The average Bonchev–Trinajstić information content (AvgIpc) is 1.85. The number of methoxy groups -OCH3 is 1. The SMILES string of the molecule is COC1CC(N)CC(N)C1. The zero-order valence-electron chi connectivity index (χ0n) is 6.42. The van der Waals surface area contributed by atoms with Gasteiger partial charge in [0.05, 0.1) is 6.10 Å². The standard InChI is InChI=1S/C7H16N2O/c1-10-7-3-5(8)2-6(9)4-7/h5-7H,2-4,8-9H2,1H3. The van der Waals surface area contributed by atoms with Gasteiger partial charge in [-0.3, -0.25) is 0 Å². The summed E-state index contributed by atoms with van der Waals surface area (Å²) in [6.07, 6.45) is 3.16. The molecule has 0 amide bonds. The molecule has 1 aliphatic carbocycles. The fourth-order valence-corrected chi connectivity index (χ4v) is 1.55. The van der Waals surface area contributed by atoms with Crippen LogP contribution in [0.5, 0.6) is 0 Å². The van der Waals surface area contributed by atoms with Crippen molar-refractivity contribution in [3.63, 3.8) is 0 Å². The van der Waals surface area contributed by atoms with Crippen LogP contribution >= 0.6 is 0 Å². The molecule has 1 aliphatic rings. The third-order valence-corrected chi connectivity index (χ3v) is 2.07. The molecule has 10 heavy (non-hydrogen) atoms. The second-order valence-corrected chi connectivity index (χ2v) is 3.08. The molecule has 60 valence electrons. The Kier molecular flexibility index (Phi) is 2.65. The first-order valence-electron chi connectivity index (χ1n) is 3.76. The van der Waals surface area contributed by atoms with Gasteiger partial charge in [0, 0.05) is 19.2 Å². The van der Waals surface area contributed by atoms with Gasteiger partial charge >= 0.3 is 0 Å². The molecule has 1 saturated carbocycles. The van der Waals surface area contributed by atoms with E-state index in [-0.39, 0.29) is 12.1 Å². The maximum atomic E-state index is 5.73. The van der Waals surface area contributed by atoms with Crippen LogP contribution in [-0.4, -0.2) is 25.3 Å². The molecular weight excluding hydrogens is 128 g/mol. The molecule has 0 spiro atoms. The molecule has 0 saturated heterocycles. The van der Waals surface area contributed by atoms with Gasteiger partial charge in [-0.05, 0) is 19.3 Å². The molecular formula is C7H16N2O. The fraction of sp³-hybridized carbons (Fsp3) is 1.00. The summed E-state index contributed by atoms with van der Waals surface area (Å²) in [5.74, 6) is 0. The van der Waals surface area contributed by atoms with Crippen LogP contribution in [0.25, 0.3) is 0 Å². The second-order valence-electron chi connectivity index (χ2n) is 3.08. The van der Waals surface area contributed by atoms with Crippen molar-refractivity contribution in [1.29, 1.82) is 0 Å². The van der Waals surface area contributed by atoms with Crippen molar-refractivity contribution in [2.75, 3.05) is 7.11 Å². The van der Waals surface area contributed by atoms with E-state index in [1.165, 1.54) is 0 Å². The highest BCUT2D eigenvalue weighted by Gasteiger charge is 2.23. The summed E-state index contributed by atoms with van der Waals surface area (Å²) in [6.45, 7) is 0. The highest BCUT2D eigenvalue weighted by Crippen LogP contribution is 2.18. The van der Waals surface area contributed by atoms with Crippen molar-refractivity contribution in [3.8, 4) is 0 Å². The normalized spacial score (nSPS) is 41.7. The highest BCUT2D eigenvalue weighted by molar-refractivity contribution is 4.83. The molecule has 0 aliphatic heterocycles. The van der Waals surface area contributed by atoms with Crippen molar-refractivity contribution in [2.24, 2.45) is 11.5 Å². The molecule has 0 aromatic carbocycles. The molecule has 1 rings (SSSR count). The number of hydrogen-bond acceptors (Lipinski definition) is 3. The summed E-state index contributed by atoms with van der Waals surface area (Å²) in [5, 5.41) is 0. The van der Waals surface area contributed by atoms with Crippen LogP contribution in [0.4, 0.5) is 0 Å². The van der Waals surface area contributed by atoms with E-state index in [4.69, 9.17) is 16.2 Å². The largest absolute Gasteiger partial charge is 0.381 e. The van der Waals surface area contributed by atoms with Crippen LogP contribution in [0.3, 0.4) is 0 Å². The summed E-state index contributed by atoms with van der Waals surface area (Å²) in [5.41, 5.74) is 11.5. The zero-order chi connectivity index (χ0) is 7.56. The molecule has 4 N–H and O–H groups in total. The third kappa shape index (κ3) is 1.94. The van der Waals surface area contributed by atoms with E-state index < -0.39 is 0 Å². The van der Waals surface area contributed by atoms with Crippen molar-refractivity contribution in [2.45, 2.75) is 37.5 Å². The Hall–Kier alpha value is -0.120. The maximum absolute atomic E-state index is 5.73. The number of ether oxygens (including phenoxy) is 1. The molecule has 2 atom stereocenters. The topological polar surface area (TPSA) is 61.3 Å². The summed E-state index contributed by atoms with van der Waals surface area (Å²) >= 11 is 0. The van der Waals surface area contributed by atoms with Gasteiger partial charge < -0.3 is 16.2 Å². The lowest BCUT2D eigenvalue weighted by Gasteiger charge is -2.29. The van der Waals surface area contributed by atoms with Gasteiger partial charge in [0.1, 0.15) is 0 Å². The van der Waals surface area contributed by atoms with Crippen LogP contribution in [0.2, 0.25) is 0 Å². The summed E-state index contributed by atoms with van der Waals surface area (Å²) in [4.78, 5) is 0. The second kappa shape index (κ2) is 3.32. The Morgan fingerprint density at radius 2 is 1.60 bits per heavy atom. The van der Waals surface area contributed by atoms with Gasteiger partial charge in [0.2, 0.25) is 0 Å². The maximum Gasteiger partial charge on any atom is 0.0600 e. The predicted octanol–water partition coefficient (Wildman–Crippen LogP) is -0.160. The number of hydrogen-bond donors (Lipinski definition) is 2. The monoisotopic (exact) mass is 144 g/mol. The van der Waals surface area contributed by atoms with Crippen LogP contribution in [0.1, 0.15) is 19.3 Å². The molecule has 3 nitrogen and oxygen atoms in total. The minimum absolute atomic E-state index is 0.244. The smallest absolute Gasteiger partial charge is 0.0600 e.